The van der Waals surface area contributed by atoms with Gasteiger partial charge in [-0.1, -0.05) is 79.9 Å². The maximum Gasteiger partial charge on any atom is 0.313 e. The first kappa shape index (κ1) is 24.3. The Bertz CT molecular complexity index is 498. The highest BCUT2D eigenvalue weighted by molar-refractivity contribution is 7.79. The molecule has 0 saturated carbocycles. The Balaban J connectivity index is 3.71. The lowest BCUT2D eigenvalue weighted by Crippen LogP contribution is -2.17. The van der Waals surface area contributed by atoms with Crippen molar-refractivity contribution >= 4 is 23.6 Å². The van der Waals surface area contributed by atoms with Crippen LogP contribution >= 0.6 is 12.2 Å². The normalized spacial score (nSPS) is 13.6. The molecule has 0 aliphatic heterocycles. The minimum absolute atomic E-state index is 0.230. The van der Waals surface area contributed by atoms with Gasteiger partial charge in [0.2, 0.25) is 0 Å². The summed E-state index contributed by atoms with van der Waals surface area (Å²) in [5.74, 6) is -0.537. The van der Waals surface area contributed by atoms with Gasteiger partial charge in [-0.15, -0.1) is 0 Å². The lowest BCUT2D eigenvalue weighted by molar-refractivity contribution is -0.145. The molecule has 0 heterocycles. The number of allylic oxidation sites excluding steroid dienone is 10. The van der Waals surface area contributed by atoms with E-state index in [0.717, 1.165) is 38.5 Å². The Hall–Kier alpha value is -1.74. The quantitative estimate of drug-likeness (QED) is 0.138. The molecule has 0 aromatic rings. The van der Waals surface area contributed by atoms with Crippen LogP contribution in [0.3, 0.4) is 0 Å². The topological polar surface area (TPSA) is 26.3 Å². The summed E-state index contributed by atoms with van der Waals surface area (Å²) >= 11 is 4.89. The van der Waals surface area contributed by atoms with Crippen molar-refractivity contribution in [1.82, 2.24) is 0 Å². The predicted octanol–water partition coefficient (Wildman–Crippen LogP) is 6.70. The second-order valence-electron chi connectivity index (χ2n) is 5.78. The average Bonchev–Trinajstić information content (AvgIpc) is 2.64. The number of esters is 1. The lowest BCUT2D eigenvalue weighted by atomic mass is 10.1. The minimum Gasteiger partial charge on any atom is -0.466 e. The first-order chi connectivity index (χ1) is 12.8. The Morgan fingerprint density at radius 1 is 0.808 bits per heavy atom. The number of carbonyl (C=O) groups excluding carboxylic acids is 1. The van der Waals surface area contributed by atoms with Gasteiger partial charge in [-0.05, 0) is 57.2 Å². The fraction of sp³-hybridized carbons (Fsp3) is 0.478. The van der Waals surface area contributed by atoms with E-state index >= 15 is 0 Å². The molecule has 0 saturated heterocycles. The zero-order chi connectivity index (χ0) is 19.3. The molecule has 0 radical (unpaired) electrons. The van der Waals surface area contributed by atoms with Crippen LogP contribution in [-0.2, 0) is 9.53 Å². The summed E-state index contributed by atoms with van der Waals surface area (Å²) in [6.45, 7) is 4.35. The molecule has 0 bridgehead atoms. The number of carbonyl (C=O) groups is 1. The van der Waals surface area contributed by atoms with E-state index in [1.165, 1.54) is 5.37 Å². The van der Waals surface area contributed by atoms with Crippen LogP contribution in [0.1, 0.15) is 58.8 Å². The highest BCUT2D eigenvalue weighted by Crippen LogP contribution is 2.06. The summed E-state index contributed by atoms with van der Waals surface area (Å²) in [4.78, 5) is 11.6. The van der Waals surface area contributed by atoms with Gasteiger partial charge in [0.15, 0.2) is 0 Å². The van der Waals surface area contributed by atoms with Crippen molar-refractivity contribution in [2.45, 2.75) is 58.8 Å². The van der Waals surface area contributed by atoms with Crippen LogP contribution < -0.4 is 0 Å². The molecule has 26 heavy (non-hydrogen) atoms. The first-order valence-electron chi connectivity index (χ1n) is 9.63. The van der Waals surface area contributed by atoms with Crippen LogP contribution in [0.5, 0.6) is 0 Å². The number of hydrogen-bond acceptors (Lipinski definition) is 3. The summed E-state index contributed by atoms with van der Waals surface area (Å²) in [5, 5.41) is 1.49. The molecule has 0 aliphatic carbocycles. The monoisotopic (exact) mass is 374 g/mol. The highest BCUT2D eigenvalue weighted by Gasteiger charge is 2.14. The maximum absolute atomic E-state index is 11.6. The third-order valence-electron chi connectivity index (χ3n) is 3.53. The maximum atomic E-state index is 11.6. The summed E-state index contributed by atoms with van der Waals surface area (Å²) in [6, 6.07) is 0. The van der Waals surface area contributed by atoms with Crippen LogP contribution in [0.15, 0.2) is 60.8 Å². The van der Waals surface area contributed by atoms with Gasteiger partial charge < -0.3 is 4.74 Å². The van der Waals surface area contributed by atoms with E-state index in [9.17, 15) is 4.79 Å². The number of hydrogen-bond donors (Lipinski definition) is 0. The summed E-state index contributed by atoms with van der Waals surface area (Å²) in [7, 11) is 0. The van der Waals surface area contributed by atoms with E-state index in [4.69, 9.17) is 17.0 Å². The van der Waals surface area contributed by atoms with Crippen LogP contribution in [0.2, 0.25) is 0 Å². The van der Waals surface area contributed by atoms with Gasteiger partial charge in [0.25, 0.3) is 0 Å². The smallest absolute Gasteiger partial charge is 0.313 e. The third-order valence-corrected chi connectivity index (χ3v) is 3.86. The van der Waals surface area contributed by atoms with Crippen molar-refractivity contribution in [3.05, 3.63) is 60.8 Å². The van der Waals surface area contributed by atoms with Gasteiger partial charge in [-0.2, -0.15) is 0 Å². The summed E-state index contributed by atoms with van der Waals surface area (Å²) in [6.07, 6.45) is 28.4. The Labute approximate surface area is 165 Å². The SMILES string of the molecule is CCC=CCC=CCC=CCC=CCCC=CCC(C=S)C(=O)OCC. The van der Waals surface area contributed by atoms with Crippen LogP contribution in [-0.4, -0.2) is 17.9 Å². The van der Waals surface area contributed by atoms with Crippen molar-refractivity contribution in [2.75, 3.05) is 6.61 Å². The molecule has 0 N–H and O–H groups in total. The lowest BCUT2D eigenvalue weighted by Gasteiger charge is -2.07. The predicted molar refractivity (Wildman–Crippen MR) is 117 cm³/mol. The first-order valence-corrected chi connectivity index (χ1v) is 10.1. The van der Waals surface area contributed by atoms with Crippen molar-refractivity contribution in [2.24, 2.45) is 5.92 Å². The molecule has 2 nitrogen and oxygen atoms in total. The van der Waals surface area contributed by atoms with E-state index in [2.05, 4.69) is 61.6 Å². The van der Waals surface area contributed by atoms with E-state index in [0.29, 0.717) is 13.0 Å². The molecule has 0 aliphatic rings. The molecule has 0 aromatic heterocycles. The van der Waals surface area contributed by atoms with E-state index < -0.39 is 0 Å². The Morgan fingerprint density at radius 3 is 1.81 bits per heavy atom. The van der Waals surface area contributed by atoms with Crippen LogP contribution in [0, 0.1) is 5.92 Å². The van der Waals surface area contributed by atoms with Crippen LogP contribution in [0.25, 0.3) is 0 Å². The van der Waals surface area contributed by atoms with Crippen LogP contribution in [0.4, 0.5) is 0 Å². The van der Waals surface area contributed by atoms with Crippen molar-refractivity contribution < 1.29 is 9.53 Å². The van der Waals surface area contributed by atoms with E-state index in [1.807, 2.05) is 6.08 Å². The van der Waals surface area contributed by atoms with Crippen molar-refractivity contribution in [3.63, 3.8) is 0 Å². The number of thiocarbonyl (C=S) groups is 1. The number of rotatable bonds is 15. The van der Waals surface area contributed by atoms with Gasteiger partial charge in [-0.25, -0.2) is 0 Å². The van der Waals surface area contributed by atoms with Gasteiger partial charge >= 0.3 is 5.97 Å². The Kier molecular flexibility index (Phi) is 18.3. The van der Waals surface area contributed by atoms with Gasteiger partial charge in [0, 0.05) is 0 Å². The molecular weight excluding hydrogens is 340 g/mol. The fourth-order valence-electron chi connectivity index (χ4n) is 2.11. The van der Waals surface area contributed by atoms with Gasteiger partial charge in [0.1, 0.15) is 0 Å². The third kappa shape index (κ3) is 15.8. The van der Waals surface area contributed by atoms with E-state index in [1.54, 1.807) is 6.92 Å². The molecule has 3 heteroatoms. The van der Waals surface area contributed by atoms with Crippen molar-refractivity contribution in [1.29, 1.82) is 0 Å². The fourth-order valence-corrected chi connectivity index (χ4v) is 2.33. The molecule has 144 valence electrons. The van der Waals surface area contributed by atoms with Crippen molar-refractivity contribution in [3.8, 4) is 0 Å². The van der Waals surface area contributed by atoms with Gasteiger partial charge in [0.05, 0.1) is 12.5 Å². The standard InChI is InChI=1S/C23H34O2S/c1-3-5-6-7-8-9-10-11-12-13-14-15-16-17-18-19-20-22(21-26)23(24)25-4-2/h5-6,8-9,11-12,14-15,18-19,21-22H,3-4,7,10,13,16-17,20H2,1-2H3. The molecule has 0 rings (SSSR count). The highest BCUT2D eigenvalue weighted by atomic mass is 32.1. The van der Waals surface area contributed by atoms with E-state index in [-0.39, 0.29) is 11.9 Å². The second kappa shape index (κ2) is 19.6. The number of ether oxygens (including phenoxy) is 1. The average molecular weight is 375 g/mol. The van der Waals surface area contributed by atoms with Gasteiger partial charge in [-0.3, -0.25) is 4.79 Å². The second-order valence-corrected chi connectivity index (χ2v) is 6.05. The summed E-state index contributed by atoms with van der Waals surface area (Å²) < 4.78 is 4.98. The minimum atomic E-state index is -0.307. The molecule has 0 aromatic carbocycles. The molecule has 0 spiro atoms. The zero-order valence-electron chi connectivity index (χ0n) is 16.3. The molecule has 1 unspecified atom stereocenters. The molecular formula is C23H34O2S. The summed E-state index contributed by atoms with van der Waals surface area (Å²) in [5.41, 5.74) is 0. The molecule has 0 amide bonds. The zero-order valence-corrected chi connectivity index (χ0v) is 17.1. The molecule has 0 fully saturated rings. The largest absolute Gasteiger partial charge is 0.466 e. The molecule has 1 atom stereocenters. The Morgan fingerprint density at radius 2 is 1.31 bits per heavy atom. The number of unbranched alkanes of at least 4 members (excludes halogenated alkanes) is 1.